The van der Waals surface area contributed by atoms with Gasteiger partial charge in [0, 0.05) is 11.8 Å². The van der Waals surface area contributed by atoms with Crippen molar-refractivity contribution in [3.05, 3.63) is 23.5 Å². The third kappa shape index (κ3) is 3.97. The lowest BCUT2D eigenvalue weighted by Crippen LogP contribution is -2.04. The highest BCUT2D eigenvalue weighted by atomic mass is 16.5. The number of rotatable bonds is 3. The minimum atomic E-state index is -0.435. The number of nitrogens with one attached hydrogen (secondary N) is 1. The van der Waals surface area contributed by atoms with Gasteiger partial charge in [-0.05, 0) is 19.9 Å². The van der Waals surface area contributed by atoms with E-state index in [1.54, 1.807) is 6.92 Å². The minimum Gasteiger partial charge on any atom is -0.461 e. The average molecular weight is 211 g/mol. The number of carbonyl (C=O) groups is 2. The zero-order valence-electron chi connectivity index (χ0n) is 9.59. The first-order valence-corrected chi connectivity index (χ1v) is 5.01. The van der Waals surface area contributed by atoms with Gasteiger partial charge in [-0.15, -0.1) is 0 Å². The van der Waals surface area contributed by atoms with Crippen molar-refractivity contribution in [3.8, 4) is 0 Å². The van der Waals surface area contributed by atoms with E-state index in [4.69, 9.17) is 4.74 Å². The van der Waals surface area contributed by atoms with E-state index < -0.39 is 5.97 Å². The summed E-state index contributed by atoms with van der Waals surface area (Å²) in [5, 5.41) is 0. The number of carbonyl (C=O) groups excluding carboxylic acids is 2. The molecule has 0 aliphatic heterocycles. The first-order valence-electron chi connectivity index (χ1n) is 5.01. The molecule has 0 atom stereocenters. The maximum Gasteiger partial charge on any atom is 0.354 e. The van der Waals surface area contributed by atoms with Crippen LogP contribution in [0, 0.1) is 0 Å². The van der Waals surface area contributed by atoms with Crippen molar-refractivity contribution in [1.29, 1.82) is 0 Å². The summed E-state index contributed by atoms with van der Waals surface area (Å²) in [5.74, 6) is -0.512. The van der Waals surface area contributed by atoms with Gasteiger partial charge in [0.1, 0.15) is 5.69 Å². The van der Waals surface area contributed by atoms with Gasteiger partial charge < -0.3 is 9.72 Å². The van der Waals surface area contributed by atoms with E-state index in [1.807, 2.05) is 13.8 Å². The molecule has 0 fully saturated rings. The van der Waals surface area contributed by atoms with Crippen LogP contribution in [0.25, 0.3) is 0 Å². The van der Waals surface area contributed by atoms with Crippen LogP contribution in [-0.2, 0) is 4.74 Å². The van der Waals surface area contributed by atoms with E-state index in [0.717, 1.165) is 0 Å². The molecule has 0 saturated carbocycles. The van der Waals surface area contributed by atoms with Crippen molar-refractivity contribution >= 4 is 11.8 Å². The molecule has 1 heterocycles. The van der Waals surface area contributed by atoms with Gasteiger partial charge in [0.15, 0.2) is 5.78 Å². The highest BCUT2D eigenvalue weighted by molar-refractivity contribution is 5.97. The lowest BCUT2D eigenvalue weighted by atomic mass is 10.2. The summed E-state index contributed by atoms with van der Waals surface area (Å²) in [5.41, 5.74) is 0.801. The number of H-pyrrole nitrogens is 1. The predicted molar refractivity (Wildman–Crippen MR) is 58.1 cm³/mol. The predicted octanol–water partition coefficient (Wildman–Crippen LogP) is 2.42. The van der Waals surface area contributed by atoms with Gasteiger partial charge >= 0.3 is 5.97 Å². The number of aromatic amines is 1. The van der Waals surface area contributed by atoms with Gasteiger partial charge in [0.25, 0.3) is 0 Å². The molecular weight excluding hydrogens is 194 g/mol. The molecule has 0 aromatic carbocycles. The molecule has 1 aromatic rings. The lowest BCUT2D eigenvalue weighted by Gasteiger charge is -1.96. The van der Waals surface area contributed by atoms with Crippen LogP contribution in [0.1, 0.15) is 48.5 Å². The van der Waals surface area contributed by atoms with Gasteiger partial charge in [0.05, 0.1) is 6.61 Å². The highest BCUT2D eigenvalue weighted by Gasteiger charge is 2.10. The van der Waals surface area contributed by atoms with Gasteiger partial charge in [0.2, 0.25) is 0 Å². The lowest BCUT2D eigenvalue weighted by molar-refractivity contribution is 0.0520. The fourth-order valence-electron chi connectivity index (χ4n) is 0.924. The largest absolute Gasteiger partial charge is 0.461 e. The molecule has 4 nitrogen and oxygen atoms in total. The first kappa shape index (κ1) is 13.4. The summed E-state index contributed by atoms with van der Waals surface area (Å²) >= 11 is 0. The number of hydrogen-bond acceptors (Lipinski definition) is 3. The fraction of sp³-hybridized carbons (Fsp3) is 0.455. The Morgan fingerprint density at radius 3 is 2.40 bits per heavy atom. The van der Waals surface area contributed by atoms with Crippen LogP contribution in [0.4, 0.5) is 0 Å². The van der Waals surface area contributed by atoms with Crippen molar-refractivity contribution in [2.75, 3.05) is 6.61 Å². The molecule has 84 valence electrons. The first-order chi connectivity index (χ1) is 7.15. The van der Waals surface area contributed by atoms with Crippen molar-refractivity contribution < 1.29 is 14.3 Å². The Labute approximate surface area is 89.6 Å². The molecule has 4 heteroatoms. The molecule has 0 amide bonds. The maximum absolute atomic E-state index is 11.1. The summed E-state index contributed by atoms with van der Waals surface area (Å²) in [7, 11) is 0. The highest BCUT2D eigenvalue weighted by Crippen LogP contribution is 2.05. The van der Waals surface area contributed by atoms with Crippen LogP contribution in [0.3, 0.4) is 0 Å². The SMILES string of the molecule is CC.CCOC(=O)c1cc(C(C)=O)c[nH]1. The van der Waals surface area contributed by atoms with Gasteiger partial charge in [-0.1, -0.05) is 13.8 Å². The molecule has 0 aliphatic rings. The third-order valence-electron chi connectivity index (χ3n) is 1.58. The Hall–Kier alpha value is -1.58. The molecule has 1 rings (SSSR count). The summed E-state index contributed by atoms with van der Waals surface area (Å²) in [6, 6.07) is 1.49. The summed E-state index contributed by atoms with van der Waals surface area (Å²) in [6.07, 6.45) is 1.49. The molecule has 0 saturated heterocycles. The van der Waals surface area contributed by atoms with Crippen LogP contribution in [0.15, 0.2) is 12.3 Å². The Kier molecular flexibility index (Phi) is 6.09. The third-order valence-corrected chi connectivity index (χ3v) is 1.58. The van der Waals surface area contributed by atoms with E-state index in [2.05, 4.69) is 4.98 Å². The molecule has 15 heavy (non-hydrogen) atoms. The Balaban J connectivity index is 0.000000921. The van der Waals surface area contributed by atoms with Crippen molar-refractivity contribution in [2.45, 2.75) is 27.7 Å². The zero-order chi connectivity index (χ0) is 11.8. The number of ketones is 1. The van der Waals surface area contributed by atoms with Crippen LogP contribution < -0.4 is 0 Å². The molecule has 0 spiro atoms. The quantitative estimate of drug-likeness (QED) is 0.617. The standard InChI is InChI=1S/C9H11NO3.C2H6/c1-3-13-9(12)8-4-7(5-10-8)6(2)11;1-2/h4-5,10H,3H2,1-2H3;1-2H3. The number of hydrogen-bond donors (Lipinski definition) is 1. The van der Waals surface area contributed by atoms with Gasteiger partial charge in [-0.25, -0.2) is 4.79 Å². The summed E-state index contributed by atoms with van der Waals surface area (Å²) in [6.45, 7) is 7.50. The molecule has 0 bridgehead atoms. The monoisotopic (exact) mass is 211 g/mol. The second kappa shape index (κ2) is 6.81. The van der Waals surface area contributed by atoms with Crippen LogP contribution in [-0.4, -0.2) is 23.3 Å². The molecule has 0 aliphatic carbocycles. The van der Waals surface area contributed by atoms with Crippen LogP contribution in [0.2, 0.25) is 0 Å². The van der Waals surface area contributed by atoms with Crippen molar-refractivity contribution in [3.63, 3.8) is 0 Å². The number of aromatic nitrogens is 1. The van der Waals surface area contributed by atoms with Crippen LogP contribution >= 0.6 is 0 Å². The Morgan fingerprint density at radius 1 is 1.40 bits per heavy atom. The molecular formula is C11H17NO3. The van der Waals surface area contributed by atoms with E-state index >= 15 is 0 Å². The van der Waals surface area contributed by atoms with Crippen molar-refractivity contribution in [1.82, 2.24) is 4.98 Å². The second-order valence-electron chi connectivity index (χ2n) is 2.58. The Bertz CT molecular complexity index is 328. The second-order valence-corrected chi connectivity index (χ2v) is 2.58. The van der Waals surface area contributed by atoms with Gasteiger partial charge in [-0.3, -0.25) is 4.79 Å². The zero-order valence-corrected chi connectivity index (χ0v) is 9.59. The number of Topliss-reactive ketones (excluding diaryl/α,β-unsaturated/α-hetero) is 1. The average Bonchev–Trinajstić information content (AvgIpc) is 2.70. The molecule has 1 aromatic heterocycles. The minimum absolute atomic E-state index is 0.0770. The molecule has 1 N–H and O–H groups in total. The van der Waals surface area contributed by atoms with Gasteiger partial charge in [-0.2, -0.15) is 0 Å². The van der Waals surface area contributed by atoms with E-state index in [1.165, 1.54) is 19.2 Å². The normalized spacial score (nSPS) is 8.80. The number of esters is 1. The Morgan fingerprint density at radius 2 is 2.00 bits per heavy atom. The number of ether oxygens (including phenoxy) is 1. The summed E-state index contributed by atoms with van der Waals surface area (Å²) in [4.78, 5) is 24.7. The van der Waals surface area contributed by atoms with Crippen molar-refractivity contribution in [2.24, 2.45) is 0 Å². The molecule has 0 radical (unpaired) electrons. The van der Waals surface area contributed by atoms with Crippen LogP contribution in [0.5, 0.6) is 0 Å². The van der Waals surface area contributed by atoms with E-state index in [-0.39, 0.29) is 5.78 Å². The maximum atomic E-state index is 11.1. The smallest absolute Gasteiger partial charge is 0.354 e. The topological polar surface area (TPSA) is 59.2 Å². The van der Waals surface area contributed by atoms with E-state index in [9.17, 15) is 9.59 Å². The molecule has 0 unspecified atom stereocenters. The fourth-order valence-corrected chi connectivity index (χ4v) is 0.924. The summed E-state index contributed by atoms with van der Waals surface area (Å²) < 4.78 is 4.74. The van der Waals surface area contributed by atoms with E-state index in [0.29, 0.717) is 17.9 Å².